The van der Waals surface area contributed by atoms with Crippen molar-refractivity contribution in [1.82, 2.24) is 5.32 Å². The summed E-state index contributed by atoms with van der Waals surface area (Å²) in [5, 5.41) is 1.95. The molecule has 12 heavy (non-hydrogen) atoms. The topological polar surface area (TPSA) is 38.3 Å². The molecule has 0 radical (unpaired) electrons. The van der Waals surface area contributed by atoms with Crippen LogP contribution >= 0.6 is 0 Å². The average Bonchev–Trinajstić information content (AvgIpc) is 2.00. The number of amides is 1. The maximum Gasteiger partial charge on any atom is 0.407 e. The van der Waals surface area contributed by atoms with E-state index in [0.717, 1.165) is 7.11 Å². The minimum absolute atomic E-state index is 0.225. The van der Waals surface area contributed by atoms with E-state index in [-0.39, 0.29) is 6.42 Å². The molecule has 72 valence electrons. The predicted molar refractivity (Wildman–Crippen MR) is 40.3 cm³/mol. The molecule has 0 aromatic carbocycles. The summed E-state index contributed by atoms with van der Waals surface area (Å²) in [4.78, 5) is 10.4. The van der Waals surface area contributed by atoms with Gasteiger partial charge in [-0.2, -0.15) is 0 Å². The van der Waals surface area contributed by atoms with Crippen molar-refractivity contribution in [3.63, 3.8) is 0 Å². The zero-order valence-corrected chi connectivity index (χ0v) is 7.19. The lowest BCUT2D eigenvalue weighted by Crippen LogP contribution is -2.36. The Bertz CT molecular complexity index is 150. The van der Waals surface area contributed by atoms with Crippen LogP contribution in [0.4, 0.5) is 13.6 Å². The van der Waals surface area contributed by atoms with E-state index in [1.165, 1.54) is 0 Å². The first-order valence-corrected chi connectivity index (χ1v) is 3.71. The van der Waals surface area contributed by atoms with Gasteiger partial charge in [-0.05, 0) is 0 Å². The third-order valence-electron chi connectivity index (χ3n) is 1.29. The quantitative estimate of drug-likeness (QED) is 0.717. The lowest BCUT2D eigenvalue weighted by Gasteiger charge is -2.14. The first kappa shape index (κ1) is 11.1. The zero-order chi connectivity index (χ0) is 9.61. The number of alkyl halides is 2. The van der Waals surface area contributed by atoms with Crippen LogP contribution in [0.2, 0.25) is 0 Å². The Morgan fingerprint density at radius 3 is 2.58 bits per heavy atom. The fourth-order valence-corrected chi connectivity index (χ4v) is 0.728. The molecule has 0 rings (SSSR count). The van der Waals surface area contributed by atoms with Gasteiger partial charge in [-0.3, -0.25) is 0 Å². The Kier molecular flexibility index (Phi) is 4.54. The van der Waals surface area contributed by atoms with Crippen LogP contribution < -0.4 is 5.32 Å². The van der Waals surface area contributed by atoms with E-state index in [4.69, 9.17) is 0 Å². The van der Waals surface area contributed by atoms with E-state index >= 15 is 0 Å². The summed E-state index contributed by atoms with van der Waals surface area (Å²) in [5.74, 6) is -2.83. The summed E-state index contributed by atoms with van der Waals surface area (Å²) in [6, 6.07) is 0. The fraction of sp³-hybridized carbons (Fsp3) is 0.857. The number of carbonyl (C=O) groups is 1. The van der Waals surface area contributed by atoms with Gasteiger partial charge in [0.15, 0.2) is 0 Å². The number of methoxy groups -OCH3 is 1. The van der Waals surface area contributed by atoms with Crippen molar-refractivity contribution in [2.75, 3.05) is 13.7 Å². The minimum Gasteiger partial charge on any atom is -0.453 e. The van der Waals surface area contributed by atoms with Gasteiger partial charge in [-0.15, -0.1) is 0 Å². The summed E-state index contributed by atoms with van der Waals surface area (Å²) < 4.78 is 29.4. The van der Waals surface area contributed by atoms with E-state index in [1.807, 2.05) is 5.32 Å². The van der Waals surface area contributed by atoms with Crippen molar-refractivity contribution in [1.29, 1.82) is 0 Å². The van der Waals surface area contributed by atoms with E-state index in [0.29, 0.717) is 6.42 Å². The summed E-state index contributed by atoms with van der Waals surface area (Å²) in [6.45, 7) is 1.000. The monoisotopic (exact) mass is 181 g/mol. The third-order valence-corrected chi connectivity index (χ3v) is 1.29. The van der Waals surface area contributed by atoms with Gasteiger partial charge in [0.05, 0.1) is 13.7 Å². The molecular weight excluding hydrogens is 168 g/mol. The highest BCUT2D eigenvalue weighted by molar-refractivity contribution is 5.66. The fourth-order valence-electron chi connectivity index (χ4n) is 0.728. The molecule has 5 heteroatoms. The molecule has 0 aliphatic carbocycles. The Balaban J connectivity index is 3.67. The molecule has 0 fully saturated rings. The number of halogens is 2. The lowest BCUT2D eigenvalue weighted by atomic mass is 10.2. The highest BCUT2D eigenvalue weighted by Gasteiger charge is 2.27. The SMILES string of the molecule is CCCC(F)(F)CNC(=O)OC. The highest BCUT2D eigenvalue weighted by atomic mass is 19.3. The molecule has 0 saturated carbocycles. The van der Waals surface area contributed by atoms with Gasteiger partial charge in [0.25, 0.3) is 5.92 Å². The standard InChI is InChI=1S/C7H13F2NO2/c1-3-4-7(8,9)5-10-6(11)12-2/h3-5H2,1-2H3,(H,10,11). The molecule has 0 spiro atoms. The molecule has 0 aromatic rings. The van der Waals surface area contributed by atoms with E-state index < -0.39 is 18.6 Å². The summed E-state index contributed by atoms with van der Waals surface area (Å²) in [7, 11) is 1.13. The van der Waals surface area contributed by atoms with E-state index in [2.05, 4.69) is 4.74 Å². The van der Waals surface area contributed by atoms with Gasteiger partial charge >= 0.3 is 6.09 Å². The molecule has 0 bridgehead atoms. The number of nitrogens with one attached hydrogen (secondary N) is 1. The maximum atomic E-state index is 12.7. The molecular formula is C7H13F2NO2. The molecule has 0 aliphatic rings. The van der Waals surface area contributed by atoms with Crippen molar-refractivity contribution >= 4 is 6.09 Å². The van der Waals surface area contributed by atoms with Gasteiger partial charge in [0, 0.05) is 6.42 Å². The predicted octanol–water partition coefficient (Wildman–Crippen LogP) is 1.78. The van der Waals surface area contributed by atoms with Crippen LogP contribution in [0, 0.1) is 0 Å². The molecule has 0 aromatic heterocycles. The van der Waals surface area contributed by atoms with Gasteiger partial charge < -0.3 is 10.1 Å². The normalized spacial score (nSPS) is 11.0. The van der Waals surface area contributed by atoms with Crippen molar-refractivity contribution in [2.45, 2.75) is 25.7 Å². The Morgan fingerprint density at radius 1 is 1.58 bits per heavy atom. The van der Waals surface area contributed by atoms with Crippen molar-refractivity contribution in [3.05, 3.63) is 0 Å². The maximum absolute atomic E-state index is 12.7. The molecule has 3 nitrogen and oxygen atoms in total. The molecule has 1 amide bonds. The van der Waals surface area contributed by atoms with Gasteiger partial charge in [0.1, 0.15) is 0 Å². The van der Waals surface area contributed by atoms with E-state index in [9.17, 15) is 13.6 Å². The van der Waals surface area contributed by atoms with Crippen molar-refractivity contribution < 1.29 is 18.3 Å². The smallest absolute Gasteiger partial charge is 0.407 e. The van der Waals surface area contributed by atoms with Crippen LogP contribution in [-0.2, 0) is 4.74 Å². The molecule has 0 unspecified atom stereocenters. The van der Waals surface area contributed by atoms with Crippen LogP contribution in [0.1, 0.15) is 19.8 Å². The van der Waals surface area contributed by atoms with Gasteiger partial charge in [-0.1, -0.05) is 13.3 Å². The summed E-state index contributed by atoms with van der Waals surface area (Å²) in [5.41, 5.74) is 0. The number of ether oxygens (including phenoxy) is 1. The third kappa shape index (κ3) is 4.87. The largest absolute Gasteiger partial charge is 0.453 e. The average molecular weight is 181 g/mol. The number of alkyl carbamates (subject to hydrolysis) is 1. The number of carbonyl (C=O) groups excluding carboxylic acids is 1. The van der Waals surface area contributed by atoms with Gasteiger partial charge in [-0.25, -0.2) is 13.6 Å². The number of hydrogen-bond donors (Lipinski definition) is 1. The lowest BCUT2D eigenvalue weighted by molar-refractivity contribution is -0.00664. The molecule has 0 aliphatic heterocycles. The van der Waals surface area contributed by atoms with Crippen LogP contribution in [0.5, 0.6) is 0 Å². The van der Waals surface area contributed by atoms with Crippen molar-refractivity contribution in [2.24, 2.45) is 0 Å². The van der Waals surface area contributed by atoms with Gasteiger partial charge in [0.2, 0.25) is 0 Å². The molecule has 1 N–H and O–H groups in total. The number of hydrogen-bond acceptors (Lipinski definition) is 2. The highest BCUT2D eigenvalue weighted by Crippen LogP contribution is 2.18. The Morgan fingerprint density at radius 2 is 2.17 bits per heavy atom. The Hall–Kier alpha value is -0.870. The minimum atomic E-state index is -2.83. The molecule has 0 saturated heterocycles. The summed E-state index contributed by atoms with van der Waals surface area (Å²) in [6.07, 6.45) is -0.668. The molecule has 0 heterocycles. The van der Waals surface area contributed by atoms with Crippen LogP contribution in [-0.4, -0.2) is 25.7 Å². The van der Waals surface area contributed by atoms with Crippen LogP contribution in [0.3, 0.4) is 0 Å². The van der Waals surface area contributed by atoms with Crippen molar-refractivity contribution in [3.8, 4) is 0 Å². The first-order chi connectivity index (χ1) is 5.52. The second-order valence-electron chi connectivity index (χ2n) is 2.45. The van der Waals surface area contributed by atoms with Crippen LogP contribution in [0.15, 0.2) is 0 Å². The Labute approximate surface area is 70.1 Å². The zero-order valence-electron chi connectivity index (χ0n) is 7.19. The van der Waals surface area contributed by atoms with E-state index in [1.54, 1.807) is 6.92 Å². The molecule has 0 atom stereocenters. The summed E-state index contributed by atoms with van der Waals surface area (Å²) >= 11 is 0. The second kappa shape index (κ2) is 4.90. The number of rotatable bonds is 4. The van der Waals surface area contributed by atoms with Crippen LogP contribution in [0.25, 0.3) is 0 Å². The second-order valence-corrected chi connectivity index (χ2v) is 2.45. The first-order valence-electron chi connectivity index (χ1n) is 3.71.